The van der Waals surface area contributed by atoms with Crippen molar-refractivity contribution in [3.05, 3.63) is 133 Å². The molecule has 4 heteroatoms. The Morgan fingerprint density at radius 2 is 0.970 bits per heavy atom. The Bertz CT molecular complexity index is 1020. The molecule has 33 heavy (non-hydrogen) atoms. The van der Waals surface area contributed by atoms with Gasteiger partial charge in [0.2, 0.25) is 5.97 Å². The summed E-state index contributed by atoms with van der Waals surface area (Å²) in [6, 6.07) is 41.9. The Labute approximate surface area is 213 Å². The van der Waals surface area contributed by atoms with Crippen molar-refractivity contribution in [1.82, 2.24) is 0 Å². The van der Waals surface area contributed by atoms with Gasteiger partial charge in [0.05, 0.1) is 7.11 Å². The fraction of sp³-hybridized carbons (Fsp3) is 0.0690. The van der Waals surface area contributed by atoms with E-state index in [2.05, 4.69) is 102 Å². The Balaban J connectivity index is 0.000000244. The molecule has 0 bridgehead atoms. The molecule has 0 aromatic heterocycles. The normalized spacial score (nSPS) is 10.5. The van der Waals surface area contributed by atoms with Crippen molar-refractivity contribution in [3.8, 4) is 0 Å². The van der Waals surface area contributed by atoms with E-state index >= 15 is 0 Å². The van der Waals surface area contributed by atoms with Crippen molar-refractivity contribution in [3.63, 3.8) is 0 Å². The summed E-state index contributed by atoms with van der Waals surface area (Å²) in [5.41, 5.74) is 1.76. The predicted octanol–water partition coefficient (Wildman–Crippen LogP) is 5.51. The van der Waals surface area contributed by atoms with Crippen molar-refractivity contribution in [2.75, 3.05) is 7.11 Å². The largest absolute Gasteiger partial charge is 1.00 e. The van der Waals surface area contributed by atoms with Crippen LogP contribution in [0.1, 0.15) is 12.5 Å². The molecule has 0 spiro atoms. The first-order chi connectivity index (χ1) is 15.7. The molecule has 0 aliphatic heterocycles. The van der Waals surface area contributed by atoms with Crippen LogP contribution in [0, 0.1) is 6.08 Å². The standard InChI is InChI=1S/C18H15P.C11H11O2.Au/c1-4-10-16(11-5-1)19(17-12-6-2-7-13-17)18-14-8-3-9-15-18;1-9(8-11(12)13-2)10-6-4-3-5-7-10;/h1-15H;3-7H,1-2H3;/q;-1;+1. The molecule has 0 aliphatic rings. The summed E-state index contributed by atoms with van der Waals surface area (Å²) < 4.78 is 4.47. The molecule has 0 aliphatic carbocycles. The van der Waals surface area contributed by atoms with Gasteiger partial charge in [0.25, 0.3) is 0 Å². The van der Waals surface area contributed by atoms with Gasteiger partial charge in [-0.2, -0.15) is 11.6 Å². The molecule has 0 unspecified atom stereocenters. The first-order valence-corrected chi connectivity index (χ1v) is 11.7. The number of ether oxygens (including phenoxy) is 1. The van der Waals surface area contributed by atoms with Crippen LogP contribution in [-0.4, -0.2) is 13.1 Å². The minimum Gasteiger partial charge on any atom is -0.480 e. The van der Waals surface area contributed by atoms with Crippen LogP contribution in [0.5, 0.6) is 0 Å². The maximum Gasteiger partial charge on any atom is 1.00 e. The Morgan fingerprint density at radius 1 is 0.636 bits per heavy atom. The zero-order chi connectivity index (χ0) is 22.6. The maximum atomic E-state index is 10.8. The van der Waals surface area contributed by atoms with Gasteiger partial charge in [0, 0.05) is 0 Å². The molecule has 0 saturated heterocycles. The number of benzene rings is 4. The van der Waals surface area contributed by atoms with Gasteiger partial charge in [-0.1, -0.05) is 116 Å². The number of allylic oxidation sites excluding steroid dienone is 1. The van der Waals surface area contributed by atoms with Crippen molar-refractivity contribution >= 4 is 35.4 Å². The first kappa shape index (κ1) is 26.5. The van der Waals surface area contributed by atoms with Crippen LogP contribution in [0.4, 0.5) is 0 Å². The second-order valence-corrected chi connectivity index (χ2v) is 9.17. The summed E-state index contributed by atoms with van der Waals surface area (Å²) >= 11 is 0. The van der Waals surface area contributed by atoms with Gasteiger partial charge in [0.15, 0.2) is 0 Å². The second kappa shape index (κ2) is 14.4. The summed E-state index contributed by atoms with van der Waals surface area (Å²) in [6.45, 7) is 1.83. The van der Waals surface area contributed by atoms with Crippen LogP contribution in [-0.2, 0) is 31.9 Å². The Kier molecular flexibility index (Phi) is 11.6. The molecule has 0 heterocycles. The molecule has 0 radical (unpaired) electrons. The zero-order valence-corrected chi connectivity index (χ0v) is 21.7. The molecule has 0 fully saturated rings. The van der Waals surface area contributed by atoms with Crippen LogP contribution < -0.4 is 15.9 Å². The smallest absolute Gasteiger partial charge is 0.480 e. The fourth-order valence-electron chi connectivity index (χ4n) is 3.14. The number of carbonyl (C=O) groups is 1. The number of hydrogen-bond acceptors (Lipinski definition) is 2. The van der Waals surface area contributed by atoms with Gasteiger partial charge in [0.1, 0.15) is 0 Å². The number of hydrogen-bond donors (Lipinski definition) is 0. The molecule has 0 saturated carbocycles. The summed E-state index contributed by atoms with van der Waals surface area (Å²) in [4.78, 5) is 10.8. The van der Waals surface area contributed by atoms with E-state index in [1.54, 1.807) is 0 Å². The van der Waals surface area contributed by atoms with Gasteiger partial charge in [-0.15, -0.1) is 12.1 Å². The molecule has 0 N–H and O–H groups in total. The van der Waals surface area contributed by atoms with Crippen LogP contribution in [0.15, 0.2) is 121 Å². The van der Waals surface area contributed by atoms with Crippen molar-refractivity contribution < 1.29 is 31.9 Å². The Morgan fingerprint density at radius 3 is 1.30 bits per heavy atom. The van der Waals surface area contributed by atoms with E-state index in [0.29, 0.717) is 0 Å². The van der Waals surface area contributed by atoms with Crippen LogP contribution >= 0.6 is 7.92 Å². The molecular weight excluding hydrogens is 608 g/mol. The second-order valence-electron chi connectivity index (χ2n) is 6.95. The maximum absolute atomic E-state index is 10.8. The molecule has 2 nitrogen and oxygen atoms in total. The van der Waals surface area contributed by atoms with Gasteiger partial charge in [-0.05, 0) is 23.8 Å². The number of rotatable bonds is 5. The molecular formula is C29H26AuO2P. The Hall–Kier alpha value is -2.74. The van der Waals surface area contributed by atoms with E-state index in [0.717, 1.165) is 11.1 Å². The summed E-state index contributed by atoms with van der Waals surface area (Å²) in [7, 11) is 0.895. The zero-order valence-electron chi connectivity index (χ0n) is 18.6. The van der Waals surface area contributed by atoms with Gasteiger partial charge < -0.3 is 4.74 Å². The molecule has 0 atom stereocenters. The average molecular weight is 634 g/mol. The third kappa shape index (κ3) is 8.28. The summed E-state index contributed by atoms with van der Waals surface area (Å²) in [5.74, 6) is -0.443. The number of esters is 1. The number of carbonyl (C=O) groups excluding carboxylic acids is 1. The van der Waals surface area contributed by atoms with E-state index in [4.69, 9.17) is 0 Å². The fourth-order valence-corrected chi connectivity index (χ4v) is 5.45. The summed E-state index contributed by atoms with van der Waals surface area (Å²) in [5, 5.41) is 4.19. The average Bonchev–Trinajstić information content (AvgIpc) is 2.87. The molecule has 4 aromatic rings. The van der Waals surface area contributed by atoms with Crippen molar-refractivity contribution in [2.45, 2.75) is 6.92 Å². The predicted molar refractivity (Wildman–Crippen MR) is 136 cm³/mol. The van der Waals surface area contributed by atoms with Crippen LogP contribution in [0.3, 0.4) is 0 Å². The minimum atomic E-state index is -0.446. The van der Waals surface area contributed by atoms with Gasteiger partial charge in [-0.25, -0.2) is 5.57 Å². The van der Waals surface area contributed by atoms with E-state index in [1.807, 2.05) is 37.3 Å². The summed E-state index contributed by atoms with van der Waals surface area (Å²) in [6.07, 6.45) is 2.60. The van der Waals surface area contributed by atoms with E-state index in [9.17, 15) is 4.79 Å². The van der Waals surface area contributed by atoms with Crippen LogP contribution in [0.25, 0.3) is 5.57 Å². The SMILES string of the molecule is COC(=O)[C-]=C(C)c1ccccc1.[Au+].c1ccc(P(c2ccccc2)c2ccccc2)cc1. The van der Waals surface area contributed by atoms with E-state index in [-0.39, 0.29) is 22.4 Å². The van der Waals surface area contributed by atoms with Gasteiger partial charge in [-0.3, -0.25) is 4.79 Å². The van der Waals surface area contributed by atoms with E-state index in [1.165, 1.54) is 23.0 Å². The molecule has 0 amide bonds. The van der Waals surface area contributed by atoms with Crippen molar-refractivity contribution in [1.29, 1.82) is 0 Å². The third-order valence-electron chi connectivity index (χ3n) is 4.72. The minimum absolute atomic E-state index is 0. The van der Waals surface area contributed by atoms with E-state index < -0.39 is 13.9 Å². The molecule has 4 rings (SSSR count). The number of methoxy groups -OCH3 is 1. The quantitative estimate of drug-likeness (QED) is 0.0953. The van der Waals surface area contributed by atoms with Gasteiger partial charge >= 0.3 is 22.4 Å². The van der Waals surface area contributed by atoms with Crippen LogP contribution in [0.2, 0.25) is 0 Å². The first-order valence-electron chi connectivity index (χ1n) is 10.4. The van der Waals surface area contributed by atoms with Crippen molar-refractivity contribution in [2.24, 2.45) is 0 Å². The monoisotopic (exact) mass is 634 g/mol. The third-order valence-corrected chi connectivity index (χ3v) is 7.17. The molecule has 170 valence electrons. The topological polar surface area (TPSA) is 26.3 Å². The molecule has 4 aromatic carbocycles.